The zero-order valence-corrected chi connectivity index (χ0v) is 14.5. The van der Waals surface area contributed by atoms with Crippen molar-refractivity contribution in [1.29, 1.82) is 0 Å². The molecule has 1 aromatic heterocycles. The van der Waals surface area contributed by atoms with Gasteiger partial charge in [-0.3, -0.25) is 4.79 Å². The number of amides is 1. The fourth-order valence-electron chi connectivity index (χ4n) is 2.17. The summed E-state index contributed by atoms with van der Waals surface area (Å²) in [6.45, 7) is 2.33. The second kappa shape index (κ2) is 7.98. The summed E-state index contributed by atoms with van der Waals surface area (Å²) in [7, 11) is 0. The first-order valence-corrected chi connectivity index (χ1v) is 8.76. The standard InChI is InChI=1S/C19H17FN2O2S/c1-13-2-4-14(5-3-13)18-10-16(22-24-18)11-21-19(23)12-25-17-8-6-15(20)7-9-17/h2-10H,11-12H2,1H3,(H,21,23). The van der Waals surface area contributed by atoms with Gasteiger partial charge in [-0.1, -0.05) is 35.0 Å². The van der Waals surface area contributed by atoms with Crippen molar-refractivity contribution in [2.24, 2.45) is 0 Å². The van der Waals surface area contributed by atoms with Crippen molar-refractivity contribution in [3.05, 3.63) is 71.7 Å². The number of aromatic nitrogens is 1. The number of thioether (sulfide) groups is 1. The maximum Gasteiger partial charge on any atom is 0.230 e. The van der Waals surface area contributed by atoms with Gasteiger partial charge in [0.25, 0.3) is 0 Å². The molecule has 128 valence electrons. The summed E-state index contributed by atoms with van der Waals surface area (Å²) < 4.78 is 18.2. The molecule has 0 unspecified atom stereocenters. The quantitative estimate of drug-likeness (QED) is 0.673. The van der Waals surface area contributed by atoms with E-state index in [1.807, 2.05) is 37.3 Å². The van der Waals surface area contributed by atoms with Gasteiger partial charge >= 0.3 is 0 Å². The van der Waals surface area contributed by atoms with Crippen LogP contribution in [0.5, 0.6) is 0 Å². The maximum absolute atomic E-state index is 12.8. The first-order valence-electron chi connectivity index (χ1n) is 7.78. The topological polar surface area (TPSA) is 55.1 Å². The van der Waals surface area contributed by atoms with Gasteiger partial charge in [0.15, 0.2) is 5.76 Å². The minimum Gasteiger partial charge on any atom is -0.356 e. The molecule has 0 aliphatic rings. The Bertz CT molecular complexity index is 845. The Morgan fingerprint density at radius 2 is 1.88 bits per heavy atom. The molecule has 3 rings (SSSR count). The van der Waals surface area contributed by atoms with Crippen molar-refractivity contribution in [3.63, 3.8) is 0 Å². The molecule has 2 aromatic carbocycles. The zero-order chi connectivity index (χ0) is 17.6. The van der Waals surface area contributed by atoms with E-state index in [1.54, 1.807) is 12.1 Å². The third kappa shape index (κ3) is 4.93. The van der Waals surface area contributed by atoms with Crippen LogP contribution in [0.3, 0.4) is 0 Å². The molecule has 25 heavy (non-hydrogen) atoms. The van der Waals surface area contributed by atoms with Gasteiger partial charge in [-0.05, 0) is 31.2 Å². The molecule has 0 bridgehead atoms. The van der Waals surface area contributed by atoms with E-state index in [4.69, 9.17) is 4.52 Å². The fourth-order valence-corrected chi connectivity index (χ4v) is 2.90. The Morgan fingerprint density at radius 1 is 1.16 bits per heavy atom. The lowest BCUT2D eigenvalue weighted by Crippen LogP contribution is -2.24. The van der Waals surface area contributed by atoms with Crippen molar-refractivity contribution >= 4 is 17.7 Å². The van der Waals surface area contributed by atoms with Crippen molar-refractivity contribution in [2.45, 2.75) is 18.4 Å². The molecule has 4 nitrogen and oxygen atoms in total. The summed E-state index contributed by atoms with van der Waals surface area (Å²) >= 11 is 1.35. The molecular weight excluding hydrogens is 339 g/mol. The van der Waals surface area contributed by atoms with E-state index in [9.17, 15) is 9.18 Å². The van der Waals surface area contributed by atoms with E-state index in [2.05, 4.69) is 10.5 Å². The van der Waals surface area contributed by atoms with Crippen LogP contribution in [0.1, 0.15) is 11.3 Å². The number of hydrogen-bond acceptors (Lipinski definition) is 4. The Morgan fingerprint density at radius 3 is 2.60 bits per heavy atom. The van der Waals surface area contributed by atoms with Crippen LogP contribution in [0.2, 0.25) is 0 Å². The van der Waals surface area contributed by atoms with Crippen LogP contribution in [-0.2, 0) is 11.3 Å². The first kappa shape index (κ1) is 17.2. The molecule has 0 atom stereocenters. The van der Waals surface area contributed by atoms with Gasteiger partial charge in [-0.25, -0.2) is 4.39 Å². The summed E-state index contributed by atoms with van der Waals surface area (Å²) in [6, 6.07) is 15.8. The van der Waals surface area contributed by atoms with Crippen LogP contribution in [-0.4, -0.2) is 16.8 Å². The molecule has 0 radical (unpaired) electrons. The molecule has 0 fully saturated rings. The number of carbonyl (C=O) groups excluding carboxylic acids is 1. The van der Waals surface area contributed by atoms with Crippen molar-refractivity contribution in [2.75, 3.05) is 5.75 Å². The van der Waals surface area contributed by atoms with E-state index in [-0.39, 0.29) is 17.5 Å². The van der Waals surface area contributed by atoms with E-state index >= 15 is 0 Å². The van der Waals surface area contributed by atoms with Gasteiger partial charge in [0, 0.05) is 16.5 Å². The molecule has 1 heterocycles. The lowest BCUT2D eigenvalue weighted by molar-refractivity contribution is -0.118. The van der Waals surface area contributed by atoms with Gasteiger partial charge in [0.05, 0.1) is 12.3 Å². The molecule has 0 aliphatic carbocycles. The predicted molar refractivity (Wildman–Crippen MR) is 95.6 cm³/mol. The minimum atomic E-state index is -0.288. The highest BCUT2D eigenvalue weighted by Crippen LogP contribution is 2.21. The summed E-state index contributed by atoms with van der Waals surface area (Å²) in [6.07, 6.45) is 0. The number of benzene rings is 2. The van der Waals surface area contributed by atoms with E-state index in [0.29, 0.717) is 18.0 Å². The summed E-state index contributed by atoms with van der Waals surface area (Å²) in [5, 5.41) is 6.77. The van der Waals surface area contributed by atoms with Crippen LogP contribution in [0, 0.1) is 12.7 Å². The van der Waals surface area contributed by atoms with Crippen LogP contribution in [0.15, 0.2) is 64.0 Å². The van der Waals surface area contributed by atoms with Gasteiger partial charge in [-0.15, -0.1) is 11.8 Å². The lowest BCUT2D eigenvalue weighted by Gasteiger charge is -2.03. The minimum absolute atomic E-state index is 0.116. The van der Waals surface area contributed by atoms with Crippen LogP contribution in [0.25, 0.3) is 11.3 Å². The van der Waals surface area contributed by atoms with E-state index < -0.39 is 0 Å². The normalized spacial score (nSPS) is 10.6. The van der Waals surface area contributed by atoms with Gasteiger partial charge in [0.2, 0.25) is 5.91 Å². The third-order valence-electron chi connectivity index (χ3n) is 3.55. The van der Waals surface area contributed by atoms with Gasteiger partial charge in [0.1, 0.15) is 11.5 Å². The number of carbonyl (C=O) groups is 1. The molecule has 0 saturated heterocycles. The predicted octanol–water partition coefficient (Wildman–Crippen LogP) is 4.20. The molecule has 0 spiro atoms. The third-order valence-corrected chi connectivity index (χ3v) is 4.56. The highest BCUT2D eigenvalue weighted by molar-refractivity contribution is 8.00. The summed E-state index contributed by atoms with van der Waals surface area (Å²) in [5.74, 6) is 0.525. The number of halogens is 1. The molecule has 1 N–H and O–H groups in total. The number of hydrogen-bond donors (Lipinski definition) is 1. The highest BCUT2D eigenvalue weighted by Gasteiger charge is 2.08. The molecular formula is C19H17FN2O2S. The van der Waals surface area contributed by atoms with Gasteiger partial charge < -0.3 is 9.84 Å². The fraction of sp³-hybridized carbons (Fsp3) is 0.158. The molecule has 0 saturated carbocycles. The number of nitrogens with zero attached hydrogens (tertiary/aromatic N) is 1. The highest BCUT2D eigenvalue weighted by atomic mass is 32.2. The molecule has 6 heteroatoms. The second-order valence-corrected chi connectivity index (χ2v) is 6.62. The van der Waals surface area contributed by atoms with E-state index in [0.717, 1.165) is 10.5 Å². The maximum atomic E-state index is 12.8. The Balaban J connectivity index is 1.49. The largest absolute Gasteiger partial charge is 0.356 e. The van der Waals surface area contributed by atoms with Crippen molar-refractivity contribution in [1.82, 2.24) is 10.5 Å². The number of rotatable bonds is 6. The van der Waals surface area contributed by atoms with Crippen LogP contribution >= 0.6 is 11.8 Å². The SMILES string of the molecule is Cc1ccc(-c2cc(CNC(=O)CSc3ccc(F)cc3)no2)cc1. The first-order chi connectivity index (χ1) is 12.1. The Kier molecular flexibility index (Phi) is 5.50. The van der Waals surface area contributed by atoms with Crippen molar-refractivity contribution in [3.8, 4) is 11.3 Å². The molecule has 3 aromatic rings. The smallest absolute Gasteiger partial charge is 0.230 e. The zero-order valence-electron chi connectivity index (χ0n) is 13.7. The monoisotopic (exact) mass is 356 g/mol. The van der Waals surface area contributed by atoms with Crippen molar-refractivity contribution < 1.29 is 13.7 Å². The molecule has 1 amide bonds. The number of aryl methyl sites for hydroxylation is 1. The van der Waals surface area contributed by atoms with Crippen LogP contribution < -0.4 is 5.32 Å². The summed E-state index contributed by atoms with van der Waals surface area (Å²) in [5.41, 5.74) is 2.78. The van der Waals surface area contributed by atoms with E-state index in [1.165, 1.54) is 29.5 Å². The molecule has 0 aliphatic heterocycles. The lowest BCUT2D eigenvalue weighted by atomic mass is 10.1. The van der Waals surface area contributed by atoms with Gasteiger partial charge in [-0.2, -0.15) is 0 Å². The average molecular weight is 356 g/mol. The van der Waals surface area contributed by atoms with Crippen LogP contribution in [0.4, 0.5) is 4.39 Å². The Hall–Kier alpha value is -2.60. The Labute approximate surface area is 149 Å². The second-order valence-electron chi connectivity index (χ2n) is 5.57. The summed E-state index contributed by atoms with van der Waals surface area (Å²) in [4.78, 5) is 12.8. The average Bonchev–Trinajstić information content (AvgIpc) is 3.09. The number of nitrogens with one attached hydrogen (secondary N) is 1.